The highest BCUT2D eigenvalue weighted by Crippen LogP contribution is 2.22. The molecule has 6 nitrogen and oxygen atoms in total. The van der Waals surface area contributed by atoms with Gasteiger partial charge in [0.1, 0.15) is 11.5 Å². The van der Waals surface area contributed by atoms with Gasteiger partial charge in [-0.25, -0.2) is 14.4 Å². The summed E-state index contributed by atoms with van der Waals surface area (Å²) in [5.41, 5.74) is 2.12. The first kappa shape index (κ1) is 20.5. The third-order valence-corrected chi connectivity index (χ3v) is 5.59. The van der Waals surface area contributed by atoms with Gasteiger partial charge < -0.3 is 14.6 Å². The van der Waals surface area contributed by atoms with Crippen molar-refractivity contribution in [2.45, 2.75) is 19.4 Å². The second-order valence-corrected chi connectivity index (χ2v) is 7.78. The Kier molecular flexibility index (Phi) is 6.40. The molecule has 8 heteroatoms. The lowest BCUT2D eigenvalue weighted by molar-refractivity contribution is 0.0690. The van der Waals surface area contributed by atoms with Gasteiger partial charge in [0.2, 0.25) is 0 Å². The molecule has 1 fully saturated rings. The number of pyridine rings is 1. The molecule has 0 saturated carbocycles. The normalized spacial score (nSPS) is 14.8. The van der Waals surface area contributed by atoms with E-state index in [0.29, 0.717) is 36.9 Å². The van der Waals surface area contributed by atoms with Crippen molar-refractivity contribution in [3.8, 4) is 11.5 Å². The summed E-state index contributed by atoms with van der Waals surface area (Å²) >= 11 is 5.80. The van der Waals surface area contributed by atoms with Crippen LogP contribution in [0.25, 0.3) is 11.5 Å². The molecule has 1 aliphatic rings. The lowest BCUT2D eigenvalue weighted by Gasteiger charge is -2.32. The second-order valence-electron chi connectivity index (χ2n) is 7.38. The molecule has 1 saturated heterocycles. The van der Waals surface area contributed by atoms with Crippen molar-refractivity contribution in [3.05, 3.63) is 71.1 Å². The molecule has 3 heterocycles. The summed E-state index contributed by atoms with van der Waals surface area (Å²) in [7, 11) is 0. The van der Waals surface area contributed by atoms with Gasteiger partial charge in [-0.05, 0) is 55.6 Å². The van der Waals surface area contributed by atoms with Crippen LogP contribution in [0.15, 0.2) is 53.4 Å². The van der Waals surface area contributed by atoms with E-state index in [1.807, 2.05) is 23.1 Å². The zero-order valence-corrected chi connectivity index (χ0v) is 17.1. The lowest BCUT2D eigenvalue weighted by atomic mass is 9.96. The Labute approximate surface area is 179 Å². The maximum Gasteiger partial charge on any atom is 0.253 e. The van der Waals surface area contributed by atoms with Crippen LogP contribution in [-0.2, 0) is 6.54 Å². The van der Waals surface area contributed by atoms with Crippen LogP contribution in [0, 0.1) is 11.7 Å². The number of carbonyl (C=O) groups excluding carboxylic acids is 1. The Hall–Kier alpha value is -2.77. The van der Waals surface area contributed by atoms with Crippen molar-refractivity contribution in [2.24, 2.45) is 5.92 Å². The number of carbonyl (C=O) groups is 1. The number of rotatable bonds is 6. The summed E-state index contributed by atoms with van der Waals surface area (Å²) in [4.78, 5) is 22.9. The van der Waals surface area contributed by atoms with E-state index in [4.69, 9.17) is 16.0 Å². The molecule has 0 aliphatic carbocycles. The highest BCUT2D eigenvalue weighted by molar-refractivity contribution is 6.31. The van der Waals surface area contributed by atoms with E-state index in [1.165, 1.54) is 24.6 Å². The summed E-state index contributed by atoms with van der Waals surface area (Å²) in [5.74, 6) is 0.523. The number of oxazole rings is 1. The number of nitrogens with zero attached hydrogens (tertiary/aromatic N) is 3. The van der Waals surface area contributed by atoms with E-state index in [0.717, 1.165) is 30.8 Å². The lowest BCUT2D eigenvalue weighted by Crippen LogP contribution is -2.40. The van der Waals surface area contributed by atoms with Crippen LogP contribution < -0.4 is 5.32 Å². The van der Waals surface area contributed by atoms with Crippen molar-refractivity contribution in [2.75, 3.05) is 19.6 Å². The van der Waals surface area contributed by atoms with Crippen LogP contribution in [0.4, 0.5) is 4.39 Å². The molecule has 0 bridgehead atoms. The summed E-state index contributed by atoms with van der Waals surface area (Å²) in [6.07, 6.45) is 4.87. The topological polar surface area (TPSA) is 71.3 Å². The monoisotopic (exact) mass is 428 g/mol. The van der Waals surface area contributed by atoms with E-state index in [1.54, 1.807) is 6.20 Å². The van der Waals surface area contributed by atoms with E-state index < -0.39 is 5.82 Å². The van der Waals surface area contributed by atoms with E-state index in [-0.39, 0.29) is 10.9 Å². The molecule has 1 amide bonds. The van der Waals surface area contributed by atoms with Crippen molar-refractivity contribution in [1.82, 2.24) is 20.2 Å². The molecule has 2 aromatic heterocycles. The zero-order chi connectivity index (χ0) is 20.9. The number of piperidine rings is 1. The van der Waals surface area contributed by atoms with Gasteiger partial charge in [-0.2, -0.15) is 0 Å². The molecule has 1 aromatic carbocycles. The molecule has 0 unspecified atom stereocenters. The van der Waals surface area contributed by atoms with E-state index in [2.05, 4.69) is 15.3 Å². The standard InChI is InChI=1S/C22H22ClFN4O2/c23-18-10-16(4-5-19(18)24)22(29)28-8-6-15(7-9-28)11-25-12-17-2-1-3-20(27-17)21-13-26-14-30-21/h1-5,10,13-15,25H,6-9,11-12H2. The average Bonchev–Trinajstić information content (AvgIpc) is 3.31. The number of amides is 1. The Morgan fingerprint density at radius 1 is 1.27 bits per heavy atom. The van der Waals surface area contributed by atoms with Gasteiger partial charge >= 0.3 is 0 Å². The maximum absolute atomic E-state index is 13.3. The van der Waals surface area contributed by atoms with Crippen LogP contribution in [0.5, 0.6) is 0 Å². The third-order valence-electron chi connectivity index (χ3n) is 5.30. The third kappa shape index (κ3) is 4.86. The van der Waals surface area contributed by atoms with Gasteiger partial charge in [0.15, 0.2) is 12.2 Å². The summed E-state index contributed by atoms with van der Waals surface area (Å²) in [6, 6.07) is 9.93. The van der Waals surface area contributed by atoms with Gasteiger partial charge in [0.25, 0.3) is 5.91 Å². The van der Waals surface area contributed by atoms with Gasteiger partial charge in [-0.3, -0.25) is 4.79 Å². The molecule has 0 atom stereocenters. The summed E-state index contributed by atoms with van der Waals surface area (Å²) in [6.45, 7) is 2.88. The highest BCUT2D eigenvalue weighted by Gasteiger charge is 2.24. The summed E-state index contributed by atoms with van der Waals surface area (Å²) in [5, 5.41) is 3.44. The van der Waals surface area contributed by atoms with Crippen molar-refractivity contribution < 1.29 is 13.6 Å². The van der Waals surface area contributed by atoms with Crippen LogP contribution in [0.1, 0.15) is 28.9 Å². The smallest absolute Gasteiger partial charge is 0.253 e. The minimum absolute atomic E-state index is 0.0269. The maximum atomic E-state index is 13.3. The van der Waals surface area contributed by atoms with E-state index >= 15 is 0 Å². The Morgan fingerprint density at radius 3 is 2.83 bits per heavy atom. The highest BCUT2D eigenvalue weighted by atomic mass is 35.5. The second kappa shape index (κ2) is 9.36. The van der Waals surface area contributed by atoms with Crippen LogP contribution in [-0.4, -0.2) is 40.4 Å². The fourth-order valence-corrected chi connectivity index (χ4v) is 3.79. The quantitative estimate of drug-likeness (QED) is 0.638. The number of hydrogen-bond acceptors (Lipinski definition) is 5. The molecule has 3 aromatic rings. The molecular weight excluding hydrogens is 407 g/mol. The molecule has 30 heavy (non-hydrogen) atoms. The predicted molar refractivity (Wildman–Crippen MR) is 111 cm³/mol. The van der Waals surface area contributed by atoms with Gasteiger partial charge in [0, 0.05) is 25.2 Å². The first-order chi connectivity index (χ1) is 14.6. The zero-order valence-electron chi connectivity index (χ0n) is 16.4. The molecule has 156 valence electrons. The van der Waals surface area contributed by atoms with Crippen molar-refractivity contribution in [3.63, 3.8) is 0 Å². The van der Waals surface area contributed by atoms with Gasteiger partial charge in [0.05, 0.1) is 16.9 Å². The number of aromatic nitrogens is 2. The number of likely N-dealkylation sites (tertiary alicyclic amines) is 1. The number of benzene rings is 1. The Balaban J connectivity index is 1.24. The molecule has 0 radical (unpaired) electrons. The van der Waals surface area contributed by atoms with Crippen LogP contribution in [0.3, 0.4) is 0 Å². The number of hydrogen-bond donors (Lipinski definition) is 1. The number of nitrogens with one attached hydrogen (secondary N) is 1. The Bertz CT molecular complexity index is 1000. The minimum Gasteiger partial charge on any atom is -0.442 e. The minimum atomic E-state index is -0.515. The SMILES string of the molecule is O=C(c1ccc(F)c(Cl)c1)N1CCC(CNCc2cccc(-c3cnco3)n2)CC1. The molecule has 0 spiro atoms. The summed E-state index contributed by atoms with van der Waals surface area (Å²) < 4.78 is 18.6. The van der Waals surface area contributed by atoms with E-state index in [9.17, 15) is 9.18 Å². The molecule has 1 aliphatic heterocycles. The molecular formula is C22H22ClFN4O2. The fraction of sp³-hybridized carbons (Fsp3) is 0.318. The van der Waals surface area contributed by atoms with Crippen LogP contribution >= 0.6 is 11.6 Å². The first-order valence-electron chi connectivity index (χ1n) is 9.90. The van der Waals surface area contributed by atoms with Gasteiger partial charge in [-0.15, -0.1) is 0 Å². The molecule has 4 rings (SSSR count). The fourth-order valence-electron chi connectivity index (χ4n) is 3.61. The largest absolute Gasteiger partial charge is 0.442 e. The molecule has 1 N–H and O–H groups in total. The Morgan fingerprint density at radius 2 is 2.10 bits per heavy atom. The first-order valence-corrected chi connectivity index (χ1v) is 10.3. The van der Waals surface area contributed by atoms with Gasteiger partial charge in [-0.1, -0.05) is 17.7 Å². The predicted octanol–water partition coefficient (Wildman–Crippen LogP) is 4.17. The van der Waals surface area contributed by atoms with Crippen molar-refractivity contribution in [1.29, 1.82) is 0 Å². The van der Waals surface area contributed by atoms with Crippen molar-refractivity contribution >= 4 is 17.5 Å². The number of halogens is 2. The van der Waals surface area contributed by atoms with Crippen LogP contribution in [0.2, 0.25) is 5.02 Å². The average molecular weight is 429 g/mol.